The third-order valence-corrected chi connectivity index (χ3v) is 6.40. The summed E-state index contributed by atoms with van der Waals surface area (Å²) >= 11 is 0. The van der Waals surface area contributed by atoms with Crippen LogP contribution in [0.1, 0.15) is 32.6 Å². The van der Waals surface area contributed by atoms with Gasteiger partial charge in [0.05, 0.1) is 22.4 Å². The fraction of sp³-hybridized carbons (Fsp3) is 0.174. The van der Waals surface area contributed by atoms with Crippen molar-refractivity contribution < 1.29 is 9.90 Å². The van der Waals surface area contributed by atoms with E-state index in [0.717, 1.165) is 14.7 Å². The maximum Gasteiger partial charge on any atom is 0.175 e. The third-order valence-electron chi connectivity index (χ3n) is 4.19. The zero-order valence-corrected chi connectivity index (χ0v) is 16.3. The molecule has 0 spiro atoms. The molecule has 2 nitrogen and oxygen atoms in total. The number of benzene rings is 3. The zero-order chi connectivity index (χ0) is 18.8. The first-order chi connectivity index (χ1) is 12.3. The molecule has 0 aliphatic heterocycles. The molecule has 0 atom stereocenters. The molecule has 3 heteroatoms. The molecule has 0 fully saturated rings. The number of carbonyl (C=O) groups is 1. The lowest BCUT2D eigenvalue weighted by Crippen LogP contribution is -2.25. The first kappa shape index (κ1) is 18.3. The Labute approximate surface area is 157 Å². The first-order valence-electron chi connectivity index (χ1n) is 8.56. The van der Waals surface area contributed by atoms with Gasteiger partial charge >= 0.3 is 0 Å². The van der Waals surface area contributed by atoms with Crippen LogP contribution in [0.3, 0.4) is 0 Å². The Morgan fingerprint density at radius 3 is 1.58 bits per heavy atom. The van der Waals surface area contributed by atoms with Crippen molar-refractivity contribution in [2.24, 2.45) is 0 Å². The fourth-order valence-electron chi connectivity index (χ4n) is 3.30. The van der Waals surface area contributed by atoms with Gasteiger partial charge in [-0.15, -0.1) is 0 Å². The Balaban J connectivity index is 2.31. The van der Waals surface area contributed by atoms with Gasteiger partial charge in [0.15, 0.2) is 14.7 Å². The summed E-state index contributed by atoms with van der Waals surface area (Å²) in [5.74, 6) is -1.13. The molecule has 26 heavy (non-hydrogen) atoms. The van der Waals surface area contributed by atoms with Gasteiger partial charge < -0.3 is 9.90 Å². The van der Waals surface area contributed by atoms with Gasteiger partial charge in [-0.1, -0.05) is 24.3 Å². The maximum absolute atomic E-state index is 11.7. The first-order valence-corrected chi connectivity index (χ1v) is 9.79. The van der Waals surface area contributed by atoms with E-state index < -0.39 is 16.9 Å². The van der Waals surface area contributed by atoms with E-state index in [1.165, 1.54) is 22.3 Å². The van der Waals surface area contributed by atoms with E-state index in [4.69, 9.17) is 0 Å². The summed E-state index contributed by atoms with van der Waals surface area (Å²) in [4.78, 5) is 14.8. The molecular weight excluding hydrogens is 340 g/mol. The lowest BCUT2D eigenvalue weighted by atomic mass is 10.2. The Morgan fingerprint density at radius 2 is 1.15 bits per heavy atom. The molecule has 0 unspecified atom stereocenters. The predicted molar refractivity (Wildman–Crippen MR) is 105 cm³/mol. The van der Waals surface area contributed by atoms with Gasteiger partial charge in [0, 0.05) is 0 Å². The standard InChI is InChI=1S/C23H22O2S/c1-15-9-16(2)12-19(11-15)26(20-13-17(3)10-18(4)14-20)22-8-6-5-7-21(22)23(24)25/h5-14H,1-4H3. The molecule has 0 aliphatic carbocycles. The summed E-state index contributed by atoms with van der Waals surface area (Å²) in [6, 6.07) is 20.1. The van der Waals surface area contributed by atoms with Crippen molar-refractivity contribution in [2.45, 2.75) is 42.4 Å². The maximum atomic E-state index is 11.7. The topological polar surface area (TPSA) is 40.1 Å². The molecule has 3 aromatic rings. The van der Waals surface area contributed by atoms with Crippen molar-refractivity contribution >= 4 is 16.9 Å². The van der Waals surface area contributed by atoms with Crippen LogP contribution in [0.2, 0.25) is 0 Å². The van der Waals surface area contributed by atoms with Gasteiger partial charge in [-0.2, -0.15) is 0 Å². The van der Waals surface area contributed by atoms with Crippen molar-refractivity contribution in [3.8, 4) is 0 Å². The second-order valence-corrected chi connectivity index (χ2v) is 8.73. The summed E-state index contributed by atoms with van der Waals surface area (Å²) in [7, 11) is -0.509. The van der Waals surface area contributed by atoms with Gasteiger partial charge in [-0.25, -0.2) is 0 Å². The van der Waals surface area contributed by atoms with Crippen LogP contribution in [0.15, 0.2) is 75.4 Å². The average Bonchev–Trinajstić information content (AvgIpc) is 2.53. The van der Waals surface area contributed by atoms with E-state index >= 15 is 0 Å². The van der Waals surface area contributed by atoms with E-state index in [1.807, 2.05) is 12.1 Å². The highest BCUT2D eigenvalue weighted by atomic mass is 32.2. The van der Waals surface area contributed by atoms with E-state index in [2.05, 4.69) is 64.1 Å². The van der Waals surface area contributed by atoms with Crippen molar-refractivity contribution in [1.82, 2.24) is 0 Å². The minimum Gasteiger partial charge on any atom is -0.545 e. The second kappa shape index (κ2) is 7.38. The zero-order valence-electron chi connectivity index (χ0n) is 15.5. The number of carboxylic acid groups (broad SMARTS) is 1. The molecule has 0 aliphatic rings. The highest BCUT2D eigenvalue weighted by Crippen LogP contribution is 2.35. The van der Waals surface area contributed by atoms with E-state index in [-0.39, 0.29) is 5.56 Å². The molecular formula is C23H22O2S. The summed E-state index contributed by atoms with van der Waals surface area (Å²) in [6.45, 7) is 8.29. The Kier molecular flexibility index (Phi) is 5.19. The number of hydrogen-bond acceptors (Lipinski definition) is 2. The Morgan fingerprint density at radius 1 is 0.731 bits per heavy atom. The van der Waals surface area contributed by atoms with Gasteiger partial charge in [0.25, 0.3) is 0 Å². The highest BCUT2D eigenvalue weighted by molar-refractivity contribution is 7.97. The van der Waals surface area contributed by atoms with Crippen molar-refractivity contribution in [3.63, 3.8) is 0 Å². The second-order valence-electron chi connectivity index (χ2n) is 6.74. The smallest absolute Gasteiger partial charge is 0.175 e. The summed E-state index contributed by atoms with van der Waals surface area (Å²) in [6.07, 6.45) is 0. The number of aromatic carboxylic acids is 1. The molecule has 3 rings (SSSR count). The summed E-state index contributed by atoms with van der Waals surface area (Å²) < 4.78 is 0. The lowest BCUT2D eigenvalue weighted by molar-refractivity contribution is -0.255. The average molecular weight is 362 g/mol. The van der Waals surface area contributed by atoms with Crippen LogP contribution < -0.4 is 5.11 Å². The van der Waals surface area contributed by atoms with Crippen LogP contribution in [0.25, 0.3) is 0 Å². The van der Waals surface area contributed by atoms with Gasteiger partial charge in [-0.3, -0.25) is 0 Å². The number of carboxylic acids is 1. The molecule has 0 radical (unpaired) electrons. The molecule has 3 aromatic carbocycles. The van der Waals surface area contributed by atoms with Crippen molar-refractivity contribution in [2.75, 3.05) is 0 Å². The molecule has 0 heterocycles. The third kappa shape index (κ3) is 3.83. The van der Waals surface area contributed by atoms with Gasteiger partial charge in [0.1, 0.15) is 0 Å². The number of hydrogen-bond donors (Lipinski definition) is 0. The number of carbonyl (C=O) groups excluding carboxylic acids is 1. The monoisotopic (exact) mass is 362 g/mol. The molecule has 0 bridgehead atoms. The van der Waals surface area contributed by atoms with Crippen LogP contribution >= 0.6 is 0 Å². The fourth-order valence-corrected chi connectivity index (χ4v) is 5.89. The van der Waals surface area contributed by atoms with Crippen LogP contribution in [0, 0.1) is 27.7 Å². The van der Waals surface area contributed by atoms with Crippen LogP contribution in [-0.4, -0.2) is 5.97 Å². The summed E-state index contributed by atoms with van der Waals surface area (Å²) in [5, 5.41) is 11.7. The minimum absolute atomic E-state index is 0.258. The Hall–Kier alpha value is -2.52. The van der Waals surface area contributed by atoms with Crippen LogP contribution in [0.4, 0.5) is 0 Å². The predicted octanol–water partition coefficient (Wildman–Crippen LogP) is 4.38. The molecule has 0 aromatic heterocycles. The van der Waals surface area contributed by atoms with Gasteiger partial charge in [0.2, 0.25) is 0 Å². The van der Waals surface area contributed by atoms with E-state index in [1.54, 1.807) is 12.1 Å². The lowest BCUT2D eigenvalue weighted by Gasteiger charge is -2.14. The largest absolute Gasteiger partial charge is 0.545 e. The van der Waals surface area contributed by atoms with Gasteiger partial charge in [-0.05, 0) is 86.3 Å². The normalized spacial score (nSPS) is 11.0. The Bertz CT molecular complexity index is 884. The van der Waals surface area contributed by atoms with Crippen LogP contribution in [0.5, 0.6) is 0 Å². The highest BCUT2D eigenvalue weighted by Gasteiger charge is 2.32. The van der Waals surface area contributed by atoms with Crippen molar-refractivity contribution in [1.29, 1.82) is 0 Å². The molecule has 0 N–H and O–H groups in total. The minimum atomic E-state index is -1.13. The quantitative estimate of drug-likeness (QED) is 0.646. The SMILES string of the molecule is Cc1cc(C)cc([S+](c2cc(C)cc(C)c2)c2ccccc2C(=O)[O-])c1. The molecule has 0 amide bonds. The van der Waals surface area contributed by atoms with E-state index in [0.29, 0.717) is 0 Å². The van der Waals surface area contributed by atoms with E-state index in [9.17, 15) is 9.90 Å². The molecule has 0 saturated heterocycles. The summed E-state index contributed by atoms with van der Waals surface area (Å²) in [5.41, 5.74) is 4.95. The molecule has 132 valence electrons. The molecule has 0 saturated carbocycles. The number of rotatable bonds is 4. The van der Waals surface area contributed by atoms with Crippen LogP contribution in [-0.2, 0) is 10.9 Å². The van der Waals surface area contributed by atoms with Crippen molar-refractivity contribution in [3.05, 3.63) is 88.5 Å². The number of aryl methyl sites for hydroxylation is 4.